The standard InChI is InChI=1S/C18H25NO6S/c1-24-15-4-2-13(3-5-15)7-9-26(22,23)19-10-16(14-6-8-25-12-14)17(11-19)18(20)21/h2-5,14,16-17H,6-12H2,1H3,(H,20,21)/t14?,16-,17+/m0/s1. The highest BCUT2D eigenvalue weighted by atomic mass is 32.2. The first kappa shape index (κ1) is 19.1. The predicted molar refractivity (Wildman–Crippen MR) is 95.6 cm³/mol. The van der Waals surface area contributed by atoms with Crippen LogP contribution in [0, 0.1) is 17.8 Å². The van der Waals surface area contributed by atoms with Crippen molar-refractivity contribution in [2.75, 3.05) is 39.2 Å². The number of aliphatic carboxylic acids is 1. The van der Waals surface area contributed by atoms with E-state index in [4.69, 9.17) is 9.47 Å². The minimum Gasteiger partial charge on any atom is -0.497 e. The zero-order valence-corrected chi connectivity index (χ0v) is 15.7. The average molecular weight is 383 g/mol. The quantitative estimate of drug-likeness (QED) is 0.761. The molecule has 0 bridgehead atoms. The van der Waals surface area contributed by atoms with Gasteiger partial charge in [0.1, 0.15) is 5.75 Å². The van der Waals surface area contributed by atoms with Crippen LogP contribution in [0.1, 0.15) is 12.0 Å². The van der Waals surface area contributed by atoms with E-state index in [2.05, 4.69) is 0 Å². The molecule has 8 heteroatoms. The van der Waals surface area contributed by atoms with Gasteiger partial charge in [0, 0.05) is 26.3 Å². The van der Waals surface area contributed by atoms with Crippen molar-refractivity contribution in [3.63, 3.8) is 0 Å². The van der Waals surface area contributed by atoms with Crippen molar-refractivity contribution < 1.29 is 27.8 Å². The van der Waals surface area contributed by atoms with Gasteiger partial charge >= 0.3 is 5.97 Å². The molecule has 1 aromatic rings. The summed E-state index contributed by atoms with van der Waals surface area (Å²) in [5.41, 5.74) is 0.907. The van der Waals surface area contributed by atoms with Gasteiger partial charge in [0.15, 0.2) is 0 Å². The van der Waals surface area contributed by atoms with Crippen LogP contribution in [-0.4, -0.2) is 63.0 Å². The number of methoxy groups -OCH3 is 1. The Morgan fingerprint density at radius 1 is 1.31 bits per heavy atom. The van der Waals surface area contributed by atoms with Gasteiger partial charge in [0.25, 0.3) is 0 Å². The molecule has 2 saturated heterocycles. The van der Waals surface area contributed by atoms with Gasteiger partial charge in [-0.1, -0.05) is 12.1 Å². The topological polar surface area (TPSA) is 93.1 Å². The number of nitrogens with zero attached hydrogens (tertiary/aromatic N) is 1. The van der Waals surface area contributed by atoms with Crippen LogP contribution in [0.4, 0.5) is 0 Å². The number of carboxylic acids is 1. The van der Waals surface area contributed by atoms with Gasteiger partial charge in [0.2, 0.25) is 10.0 Å². The molecule has 2 aliphatic heterocycles. The molecule has 2 heterocycles. The normalized spacial score (nSPS) is 26.9. The summed E-state index contributed by atoms with van der Waals surface area (Å²) in [5, 5.41) is 9.51. The van der Waals surface area contributed by atoms with Crippen molar-refractivity contribution >= 4 is 16.0 Å². The molecule has 26 heavy (non-hydrogen) atoms. The van der Waals surface area contributed by atoms with Gasteiger partial charge in [-0.2, -0.15) is 0 Å². The Morgan fingerprint density at radius 2 is 2.04 bits per heavy atom. The lowest BCUT2D eigenvalue weighted by molar-refractivity contribution is -0.143. The van der Waals surface area contributed by atoms with Crippen molar-refractivity contribution in [3.05, 3.63) is 29.8 Å². The Bertz CT molecular complexity index is 727. The van der Waals surface area contributed by atoms with Crippen molar-refractivity contribution in [1.82, 2.24) is 4.31 Å². The molecule has 0 aliphatic carbocycles. The largest absolute Gasteiger partial charge is 0.497 e. The fourth-order valence-electron chi connectivity index (χ4n) is 3.82. The summed E-state index contributed by atoms with van der Waals surface area (Å²) in [6, 6.07) is 7.29. The van der Waals surface area contributed by atoms with Crippen molar-refractivity contribution in [2.24, 2.45) is 17.8 Å². The number of hydrogen-bond acceptors (Lipinski definition) is 5. The van der Waals surface area contributed by atoms with E-state index < -0.39 is 21.9 Å². The third-order valence-corrected chi connectivity index (χ3v) is 7.23. The van der Waals surface area contributed by atoms with Crippen molar-refractivity contribution in [2.45, 2.75) is 12.8 Å². The Morgan fingerprint density at radius 3 is 2.62 bits per heavy atom. The third kappa shape index (κ3) is 4.19. The second-order valence-corrected chi connectivity index (χ2v) is 9.05. The molecule has 2 fully saturated rings. The van der Waals surface area contributed by atoms with E-state index in [1.54, 1.807) is 19.2 Å². The summed E-state index contributed by atoms with van der Waals surface area (Å²) in [6.07, 6.45) is 1.19. The van der Waals surface area contributed by atoms with Gasteiger partial charge in [-0.3, -0.25) is 4.79 Å². The fourth-order valence-corrected chi connectivity index (χ4v) is 5.36. The summed E-state index contributed by atoms with van der Waals surface area (Å²) in [7, 11) is -1.92. The molecule has 0 radical (unpaired) electrons. The van der Waals surface area contributed by atoms with E-state index in [1.165, 1.54) is 4.31 Å². The first-order valence-corrected chi connectivity index (χ1v) is 10.4. The van der Waals surface area contributed by atoms with Gasteiger partial charge in [0.05, 0.1) is 18.8 Å². The lowest BCUT2D eigenvalue weighted by Crippen LogP contribution is -2.32. The number of rotatable bonds is 7. The summed E-state index contributed by atoms with van der Waals surface area (Å²) in [5.74, 6) is -0.933. The number of sulfonamides is 1. The van der Waals surface area contributed by atoms with Crippen LogP contribution in [0.25, 0.3) is 0 Å². The molecule has 1 aromatic carbocycles. The van der Waals surface area contributed by atoms with Crippen LogP contribution in [0.5, 0.6) is 5.75 Å². The van der Waals surface area contributed by atoms with E-state index in [0.717, 1.165) is 17.7 Å². The molecule has 0 aromatic heterocycles. The van der Waals surface area contributed by atoms with Crippen LogP contribution < -0.4 is 4.74 Å². The van der Waals surface area contributed by atoms with E-state index in [0.29, 0.717) is 19.6 Å². The Labute approximate surface area is 154 Å². The molecule has 0 amide bonds. The number of ether oxygens (including phenoxy) is 2. The molecule has 1 N–H and O–H groups in total. The molecule has 0 saturated carbocycles. The molecule has 3 atom stereocenters. The average Bonchev–Trinajstić information content (AvgIpc) is 3.29. The Balaban J connectivity index is 1.65. The molecule has 2 aliphatic rings. The molecule has 7 nitrogen and oxygen atoms in total. The van der Waals surface area contributed by atoms with E-state index in [1.807, 2.05) is 12.1 Å². The van der Waals surface area contributed by atoms with Crippen molar-refractivity contribution in [3.8, 4) is 5.75 Å². The van der Waals surface area contributed by atoms with Crippen molar-refractivity contribution in [1.29, 1.82) is 0 Å². The number of carboxylic acid groups (broad SMARTS) is 1. The lowest BCUT2D eigenvalue weighted by atomic mass is 9.83. The fraction of sp³-hybridized carbons (Fsp3) is 0.611. The summed E-state index contributed by atoms with van der Waals surface area (Å²) in [4.78, 5) is 11.6. The smallest absolute Gasteiger partial charge is 0.308 e. The van der Waals surface area contributed by atoms with E-state index in [-0.39, 0.29) is 30.7 Å². The number of benzene rings is 1. The monoisotopic (exact) mass is 383 g/mol. The highest BCUT2D eigenvalue weighted by molar-refractivity contribution is 7.89. The van der Waals surface area contributed by atoms with Gasteiger partial charge in [-0.15, -0.1) is 0 Å². The first-order valence-electron chi connectivity index (χ1n) is 8.82. The van der Waals surface area contributed by atoms with Crippen LogP contribution in [0.2, 0.25) is 0 Å². The predicted octanol–water partition coefficient (Wildman–Crippen LogP) is 1.24. The second kappa shape index (κ2) is 7.94. The van der Waals surface area contributed by atoms with Gasteiger partial charge in [-0.25, -0.2) is 12.7 Å². The second-order valence-electron chi connectivity index (χ2n) is 6.96. The maximum absolute atomic E-state index is 12.7. The molecule has 144 valence electrons. The highest BCUT2D eigenvalue weighted by Crippen LogP contribution is 2.35. The number of hydrogen-bond donors (Lipinski definition) is 1. The maximum atomic E-state index is 12.7. The van der Waals surface area contributed by atoms with Gasteiger partial charge in [-0.05, 0) is 42.4 Å². The third-order valence-electron chi connectivity index (χ3n) is 5.42. The zero-order chi connectivity index (χ0) is 18.7. The van der Waals surface area contributed by atoms with Crippen LogP contribution in [-0.2, 0) is 26.0 Å². The zero-order valence-electron chi connectivity index (χ0n) is 14.8. The Kier molecular flexibility index (Phi) is 5.84. The molecule has 3 rings (SSSR count). The van der Waals surface area contributed by atoms with Crippen LogP contribution >= 0.6 is 0 Å². The van der Waals surface area contributed by atoms with E-state index >= 15 is 0 Å². The number of carbonyl (C=O) groups is 1. The van der Waals surface area contributed by atoms with Gasteiger partial charge < -0.3 is 14.6 Å². The van der Waals surface area contributed by atoms with Crippen LogP contribution in [0.3, 0.4) is 0 Å². The summed E-state index contributed by atoms with van der Waals surface area (Å²) >= 11 is 0. The molecular formula is C18H25NO6S. The maximum Gasteiger partial charge on any atom is 0.308 e. The minimum absolute atomic E-state index is 0.0282. The highest BCUT2D eigenvalue weighted by Gasteiger charge is 2.46. The minimum atomic E-state index is -3.50. The summed E-state index contributed by atoms with van der Waals surface area (Å²) < 4.78 is 37.3. The first-order chi connectivity index (χ1) is 12.4. The molecule has 0 spiro atoms. The summed E-state index contributed by atoms with van der Waals surface area (Å²) in [6.45, 7) is 1.48. The van der Waals surface area contributed by atoms with Crippen LogP contribution in [0.15, 0.2) is 24.3 Å². The number of aryl methyl sites for hydroxylation is 1. The SMILES string of the molecule is COc1ccc(CCS(=O)(=O)N2C[C@@H](C(=O)O)[C@H](C3CCOC3)C2)cc1. The Hall–Kier alpha value is -1.64. The molecule has 1 unspecified atom stereocenters. The lowest BCUT2D eigenvalue weighted by Gasteiger charge is -2.20. The van der Waals surface area contributed by atoms with E-state index in [9.17, 15) is 18.3 Å². The molecular weight excluding hydrogens is 358 g/mol.